The summed E-state index contributed by atoms with van der Waals surface area (Å²) in [5.41, 5.74) is 1.12. The van der Waals surface area contributed by atoms with Crippen molar-refractivity contribution in [3.8, 4) is 0 Å². The maximum absolute atomic E-state index is 11.0. The van der Waals surface area contributed by atoms with Gasteiger partial charge >= 0.3 is 29.6 Å². The van der Waals surface area contributed by atoms with Gasteiger partial charge in [-0.25, -0.2) is 0 Å². The maximum Gasteiger partial charge on any atom is 1.00 e. The zero-order chi connectivity index (χ0) is 14.5. The molecular formula is C15H21N2NaO3. The van der Waals surface area contributed by atoms with Crippen LogP contribution in [0.4, 0.5) is 0 Å². The van der Waals surface area contributed by atoms with Crippen LogP contribution < -0.4 is 34.7 Å². The van der Waals surface area contributed by atoms with Gasteiger partial charge in [0.15, 0.2) is 0 Å². The summed E-state index contributed by atoms with van der Waals surface area (Å²) < 4.78 is 5.91. The zero-order valence-corrected chi connectivity index (χ0v) is 15.0. The minimum atomic E-state index is -1.03. The first-order valence-corrected chi connectivity index (χ1v) is 6.88. The smallest absolute Gasteiger partial charge is 0.548 e. The van der Waals surface area contributed by atoms with E-state index < -0.39 is 12.0 Å². The van der Waals surface area contributed by atoms with E-state index in [0.29, 0.717) is 13.2 Å². The van der Waals surface area contributed by atoms with Crippen LogP contribution in [-0.2, 0) is 16.1 Å². The topological polar surface area (TPSA) is 55.8 Å². The molecule has 0 bridgehead atoms. The Morgan fingerprint density at radius 1 is 1.38 bits per heavy atom. The molecule has 1 aliphatic heterocycles. The first-order chi connectivity index (χ1) is 9.58. The second kappa shape index (κ2) is 8.88. The number of carbonyl (C=O) groups excluding carboxylic acids is 1. The molecule has 5 nitrogen and oxygen atoms in total. The van der Waals surface area contributed by atoms with Gasteiger partial charge in [0.1, 0.15) is 6.23 Å². The molecule has 0 spiro atoms. The van der Waals surface area contributed by atoms with Crippen molar-refractivity contribution < 1.29 is 44.2 Å². The molecule has 1 aromatic carbocycles. The molecule has 0 saturated carbocycles. The second-order valence-electron chi connectivity index (χ2n) is 5.22. The molecule has 110 valence electrons. The van der Waals surface area contributed by atoms with Gasteiger partial charge in [-0.3, -0.25) is 9.80 Å². The molecular weight excluding hydrogens is 279 g/mol. The molecule has 0 N–H and O–H groups in total. The fraction of sp³-hybridized carbons (Fsp3) is 0.533. The number of benzene rings is 1. The standard InChI is InChI=1S/C15H22N2O3.Na/c1-12(15(18)19)17-9-8-16(2)14(10-17)20-11-13-6-4-3-5-7-13;/h3-7,12,14H,8-11H2,1-2H3,(H,18,19);/q;+1/p-1. The summed E-state index contributed by atoms with van der Waals surface area (Å²) in [6, 6.07) is 9.39. The van der Waals surface area contributed by atoms with Crippen LogP contribution >= 0.6 is 0 Å². The number of likely N-dealkylation sites (N-methyl/N-ethyl adjacent to an activating group) is 1. The Labute approximate surface area is 148 Å². The summed E-state index contributed by atoms with van der Waals surface area (Å²) in [6.07, 6.45) is -0.0919. The predicted molar refractivity (Wildman–Crippen MR) is 73.7 cm³/mol. The minimum Gasteiger partial charge on any atom is -0.548 e. The number of ether oxygens (including phenoxy) is 1. The number of hydrogen-bond donors (Lipinski definition) is 0. The van der Waals surface area contributed by atoms with Crippen LogP contribution in [0.3, 0.4) is 0 Å². The van der Waals surface area contributed by atoms with Crippen molar-refractivity contribution in [1.29, 1.82) is 0 Å². The molecule has 0 radical (unpaired) electrons. The largest absolute Gasteiger partial charge is 1.00 e. The van der Waals surface area contributed by atoms with Crippen molar-refractivity contribution in [3.63, 3.8) is 0 Å². The molecule has 0 aromatic heterocycles. The van der Waals surface area contributed by atoms with Gasteiger partial charge < -0.3 is 14.6 Å². The van der Waals surface area contributed by atoms with Gasteiger partial charge in [-0.2, -0.15) is 0 Å². The number of hydrogen-bond acceptors (Lipinski definition) is 5. The fourth-order valence-electron chi connectivity index (χ4n) is 2.31. The van der Waals surface area contributed by atoms with Crippen LogP contribution in [0.2, 0.25) is 0 Å². The molecule has 1 heterocycles. The second-order valence-corrected chi connectivity index (χ2v) is 5.22. The molecule has 1 saturated heterocycles. The molecule has 21 heavy (non-hydrogen) atoms. The molecule has 6 heteroatoms. The summed E-state index contributed by atoms with van der Waals surface area (Å²) in [4.78, 5) is 15.0. The van der Waals surface area contributed by atoms with Crippen molar-refractivity contribution in [1.82, 2.24) is 9.80 Å². The monoisotopic (exact) mass is 300 g/mol. The normalized spacial score (nSPS) is 21.5. The van der Waals surface area contributed by atoms with Crippen LogP contribution in [0.15, 0.2) is 30.3 Å². The number of carboxylic acid groups (broad SMARTS) is 1. The van der Waals surface area contributed by atoms with Gasteiger partial charge in [0.2, 0.25) is 0 Å². The van der Waals surface area contributed by atoms with Gasteiger partial charge in [0.05, 0.1) is 12.6 Å². The van der Waals surface area contributed by atoms with E-state index in [-0.39, 0.29) is 35.8 Å². The van der Waals surface area contributed by atoms with E-state index in [1.807, 2.05) is 42.3 Å². The van der Waals surface area contributed by atoms with E-state index in [9.17, 15) is 9.90 Å². The third-order valence-electron chi connectivity index (χ3n) is 3.80. The van der Waals surface area contributed by atoms with Gasteiger partial charge in [-0.15, -0.1) is 0 Å². The van der Waals surface area contributed by atoms with Crippen molar-refractivity contribution in [2.24, 2.45) is 0 Å². The average molecular weight is 300 g/mol. The van der Waals surface area contributed by atoms with Crippen LogP contribution in [0, 0.1) is 0 Å². The third-order valence-corrected chi connectivity index (χ3v) is 3.80. The van der Waals surface area contributed by atoms with Crippen molar-refractivity contribution in [3.05, 3.63) is 35.9 Å². The number of rotatable bonds is 5. The molecule has 2 rings (SSSR count). The van der Waals surface area contributed by atoms with Gasteiger partial charge in [-0.1, -0.05) is 30.3 Å². The van der Waals surface area contributed by atoms with Crippen molar-refractivity contribution in [2.45, 2.75) is 25.8 Å². The molecule has 0 amide bonds. The summed E-state index contributed by atoms with van der Waals surface area (Å²) in [6.45, 7) is 4.28. The Hall–Kier alpha value is -0.430. The quantitative estimate of drug-likeness (QED) is 0.540. The molecule has 0 aliphatic carbocycles. The Kier molecular flexibility index (Phi) is 7.87. The van der Waals surface area contributed by atoms with Gasteiger partial charge in [0, 0.05) is 25.7 Å². The maximum atomic E-state index is 11.0. The summed E-state index contributed by atoms with van der Waals surface area (Å²) in [5, 5.41) is 11.0. The van der Waals surface area contributed by atoms with E-state index in [2.05, 4.69) is 4.90 Å². The van der Waals surface area contributed by atoms with Crippen molar-refractivity contribution >= 4 is 5.97 Å². The fourth-order valence-corrected chi connectivity index (χ4v) is 2.31. The van der Waals surface area contributed by atoms with Crippen molar-refractivity contribution in [2.75, 3.05) is 26.7 Å². The third kappa shape index (κ3) is 5.36. The number of carboxylic acids is 1. The average Bonchev–Trinajstić information content (AvgIpc) is 2.46. The minimum absolute atomic E-state index is 0. The number of aliphatic carboxylic acids is 1. The first-order valence-electron chi connectivity index (χ1n) is 6.88. The van der Waals surface area contributed by atoms with Gasteiger partial charge in [-0.05, 0) is 19.5 Å². The molecule has 1 aliphatic rings. The SMILES string of the molecule is CC(C(=O)[O-])N1CCN(C)C(OCc2ccccc2)C1.[Na+]. The Morgan fingerprint density at radius 2 is 2.05 bits per heavy atom. The molecule has 1 aromatic rings. The van der Waals surface area contributed by atoms with Gasteiger partial charge in [0.25, 0.3) is 0 Å². The van der Waals surface area contributed by atoms with Crippen LogP contribution in [0.1, 0.15) is 12.5 Å². The number of carbonyl (C=O) groups is 1. The van der Waals surface area contributed by atoms with E-state index in [1.54, 1.807) is 6.92 Å². The summed E-state index contributed by atoms with van der Waals surface area (Å²) >= 11 is 0. The van der Waals surface area contributed by atoms with E-state index in [1.165, 1.54) is 0 Å². The van der Waals surface area contributed by atoms with E-state index in [4.69, 9.17) is 4.74 Å². The van der Waals surface area contributed by atoms with Crippen LogP contribution in [-0.4, -0.2) is 54.7 Å². The van der Waals surface area contributed by atoms with Crippen LogP contribution in [0.5, 0.6) is 0 Å². The van der Waals surface area contributed by atoms with Crippen LogP contribution in [0.25, 0.3) is 0 Å². The zero-order valence-electron chi connectivity index (χ0n) is 13.0. The van der Waals surface area contributed by atoms with E-state index in [0.717, 1.165) is 18.7 Å². The van der Waals surface area contributed by atoms with E-state index >= 15 is 0 Å². The molecule has 2 atom stereocenters. The predicted octanol–water partition coefficient (Wildman–Crippen LogP) is -3.08. The summed E-state index contributed by atoms with van der Waals surface area (Å²) in [5.74, 6) is -1.03. The summed E-state index contributed by atoms with van der Waals surface area (Å²) in [7, 11) is 2.00. The Balaban J connectivity index is 0.00000220. The first kappa shape index (κ1) is 18.6. The number of nitrogens with zero attached hydrogens (tertiary/aromatic N) is 2. The Bertz CT molecular complexity index is 444. The molecule has 2 unspecified atom stereocenters. The Morgan fingerprint density at radius 3 is 2.67 bits per heavy atom. The number of piperazine rings is 1. The molecule has 1 fully saturated rings.